The molecule has 84 valence electrons. The number of aliphatic hydroxyl groups is 1. The van der Waals surface area contributed by atoms with Gasteiger partial charge < -0.3 is 15.2 Å². The van der Waals surface area contributed by atoms with Gasteiger partial charge in [-0.15, -0.1) is 0 Å². The third kappa shape index (κ3) is 4.10. The highest BCUT2D eigenvalue weighted by Crippen LogP contribution is 2.32. The Morgan fingerprint density at radius 2 is 2.00 bits per heavy atom. The van der Waals surface area contributed by atoms with Gasteiger partial charge >= 0.3 is 0 Å². The monoisotopic (exact) mass is 337 g/mol. The Bertz CT molecular complexity index is 300. The van der Waals surface area contributed by atoms with E-state index in [1.807, 2.05) is 18.2 Å². The van der Waals surface area contributed by atoms with Crippen molar-refractivity contribution in [3.05, 3.63) is 27.1 Å². The Morgan fingerprint density at radius 3 is 2.53 bits per heavy atom. The van der Waals surface area contributed by atoms with E-state index in [1.165, 1.54) is 0 Å². The van der Waals surface area contributed by atoms with Gasteiger partial charge in [-0.25, -0.2) is 0 Å². The van der Waals surface area contributed by atoms with Crippen LogP contribution in [-0.2, 0) is 0 Å². The van der Waals surface area contributed by atoms with E-state index in [0.29, 0.717) is 12.3 Å². The van der Waals surface area contributed by atoms with E-state index in [9.17, 15) is 5.11 Å². The summed E-state index contributed by atoms with van der Waals surface area (Å²) in [5.74, 6) is 0.715. The number of halogens is 2. The second kappa shape index (κ2) is 6.48. The molecule has 0 bridgehead atoms. The van der Waals surface area contributed by atoms with E-state index >= 15 is 0 Å². The summed E-state index contributed by atoms with van der Waals surface area (Å²) in [5.41, 5.74) is 0. The maximum absolute atomic E-state index is 9.47. The van der Waals surface area contributed by atoms with Crippen molar-refractivity contribution >= 4 is 31.9 Å². The zero-order chi connectivity index (χ0) is 11.3. The number of rotatable bonds is 5. The van der Waals surface area contributed by atoms with Crippen LogP contribution in [-0.4, -0.2) is 31.4 Å². The van der Waals surface area contributed by atoms with Gasteiger partial charge in [0, 0.05) is 6.54 Å². The first kappa shape index (κ1) is 13.0. The molecule has 0 saturated heterocycles. The Morgan fingerprint density at radius 1 is 1.40 bits per heavy atom. The van der Waals surface area contributed by atoms with Crippen molar-refractivity contribution in [3.63, 3.8) is 0 Å². The van der Waals surface area contributed by atoms with Crippen LogP contribution in [0.5, 0.6) is 5.75 Å². The molecular weight excluding hydrogens is 326 g/mol. The molecule has 0 saturated carbocycles. The van der Waals surface area contributed by atoms with Crippen LogP contribution in [0, 0.1) is 0 Å². The third-order valence-electron chi connectivity index (χ3n) is 1.78. The van der Waals surface area contributed by atoms with E-state index in [-0.39, 0.29) is 6.61 Å². The first-order chi connectivity index (χ1) is 7.15. The number of likely N-dealkylation sites (N-methyl/N-ethyl adjacent to an activating group) is 1. The van der Waals surface area contributed by atoms with Gasteiger partial charge in [-0.05, 0) is 51.0 Å². The fraction of sp³-hybridized carbons (Fsp3) is 0.400. The number of nitrogens with one attached hydrogen (secondary N) is 1. The molecule has 1 rings (SSSR count). The fourth-order valence-electron chi connectivity index (χ4n) is 1.09. The Labute approximate surface area is 106 Å². The number of aliphatic hydroxyl groups excluding tert-OH is 1. The van der Waals surface area contributed by atoms with Crippen LogP contribution in [0.15, 0.2) is 27.1 Å². The van der Waals surface area contributed by atoms with Crippen molar-refractivity contribution < 1.29 is 9.84 Å². The molecular formula is C10H13Br2NO2. The van der Waals surface area contributed by atoms with Crippen LogP contribution in [0.3, 0.4) is 0 Å². The van der Waals surface area contributed by atoms with Gasteiger partial charge in [0.25, 0.3) is 0 Å². The first-order valence-corrected chi connectivity index (χ1v) is 6.13. The number of hydrogen-bond donors (Lipinski definition) is 2. The molecule has 0 heterocycles. The molecule has 0 spiro atoms. The second-order valence-corrected chi connectivity index (χ2v) is 4.78. The molecule has 1 unspecified atom stereocenters. The van der Waals surface area contributed by atoms with Gasteiger partial charge in [0.1, 0.15) is 18.5 Å². The van der Waals surface area contributed by atoms with Gasteiger partial charge in [-0.1, -0.05) is 6.07 Å². The molecule has 0 aromatic heterocycles. The summed E-state index contributed by atoms with van der Waals surface area (Å²) in [7, 11) is 1.79. The second-order valence-electron chi connectivity index (χ2n) is 3.07. The summed E-state index contributed by atoms with van der Waals surface area (Å²) in [4.78, 5) is 0. The average molecular weight is 339 g/mol. The van der Waals surface area contributed by atoms with Crippen molar-refractivity contribution in [1.82, 2.24) is 5.32 Å². The normalized spacial score (nSPS) is 12.5. The molecule has 3 nitrogen and oxygen atoms in total. The number of para-hydroxylation sites is 1. The summed E-state index contributed by atoms with van der Waals surface area (Å²) in [5, 5.41) is 12.4. The maximum Gasteiger partial charge on any atom is 0.147 e. The van der Waals surface area contributed by atoms with Crippen LogP contribution in [0.4, 0.5) is 0 Å². The lowest BCUT2D eigenvalue weighted by Gasteiger charge is -2.13. The molecule has 1 aromatic rings. The minimum atomic E-state index is -0.506. The molecule has 0 radical (unpaired) electrons. The van der Waals surface area contributed by atoms with E-state index in [0.717, 1.165) is 8.95 Å². The molecule has 0 aliphatic heterocycles. The lowest BCUT2D eigenvalue weighted by molar-refractivity contribution is 0.107. The minimum Gasteiger partial charge on any atom is -0.488 e. The van der Waals surface area contributed by atoms with Crippen LogP contribution in [0.2, 0.25) is 0 Å². The molecule has 0 aliphatic carbocycles. The largest absolute Gasteiger partial charge is 0.488 e. The van der Waals surface area contributed by atoms with Crippen LogP contribution in [0.1, 0.15) is 0 Å². The van der Waals surface area contributed by atoms with Gasteiger partial charge in [0.05, 0.1) is 8.95 Å². The quantitative estimate of drug-likeness (QED) is 0.864. The minimum absolute atomic E-state index is 0.266. The molecule has 0 aliphatic rings. The van der Waals surface area contributed by atoms with Crippen molar-refractivity contribution in [2.45, 2.75) is 6.10 Å². The molecule has 1 atom stereocenters. The predicted molar refractivity (Wildman–Crippen MR) is 67.3 cm³/mol. The number of benzene rings is 1. The molecule has 2 N–H and O–H groups in total. The summed E-state index contributed by atoms with van der Waals surface area (Å²) >= 11 is 6.77. The zero-order valence-electron chi connectivity index (χ0n) is 8.34. The van der Waals surface area contributed by atoms with Crippen LogP contribution in [0.25, 0.3) is 0 Å². The summed E-state index contributed by atoms with van der Waals surface area (Å²) in [6, 6.07) is 5.69. The van der Waals surface area contributed by atoms with Crippen molar-refractivity contribution in [2.24, 2.45) is 0 Å². The fourth-order valence-corrected chi connectivity index (χ4v) is 2.32. The van der Waals surface area contributed by atoms with E-state index in [2.05, 4.69) is 37.2 Å². The van der Waals surface area contributed by atoms with Crippen molar-refractivity contribution in [3.8, 4) is 5.75 Å². The molecule has 5 heteroatoms. The molecule has 15 heavy (non-hydrogen) atoms. The lowest BCUT2D eigenvalue weighted by atomic mass is 10.3. The average Bonchev–Trinajstić information content (AvgIpc) is 2.17. The highest BCUT2D eigenvalue weighted by atomic mass is 79.9. The Hall–Kier alpha value is -0.100. The third-order valence-corrected chi connectivity index (χ3v) is 3.03. The van der Waals surface area contributed by atoms with E-state index < -0.39 is 6.10 Å². The van der Waals surface area contributed by atoms with Crippen LogP contribution >= 0.6 is 31.9 Å². The highest BCUT2D eigenvalue weighted by Gasteiger charge is 2.08. The highest BCUT2D eigenvalue weighted by molar-refractivity contribution is 9.11. The van der Waals surface area contributed by atoms with Gasteiger partial charge in [-0.3, -0.25) is 0 Å². The summed E-state index contributed by atoms with van der Waals surface area (Å²) < 4.78 is 7.24. The predicted octanol–water partition coefficient (Wildman–Crippen LogP) is 2.17. The topological polar surface area (TPSA) is 41.5 Å². The first-order valence-electron chi connectivity index (χ1n) is 4.54. The Kier molecular flexibility index (Phi) is 5.60. The van der Waals surface area contributed by atoms with Crippen molar-refractivity contribution in [1.29, 1.82) is 0 Å². The maximum atomic E-state index is 9.47. The molecule has 0 amide bonds. The molecule has 0 fully saturated rings. The Balaban J connectivity index is 2.57. The zero-order valence-corrected chi connectivity index (χ0v) is 11.5. The number of hydrogen-bond acceptors (Lipinski definition) is 3. The molecule has 1 aromatic carbocycles. The standard InChI is InChI=1S/C10H13Br2NO2/c1-13-5-7(14)6-15-10-8(11)3-2-4-9(10)12/h2-4,7,13-14H,5-6H2,1H3. The van der Waals surface area contributed by atoms with E-state index in [1.54, 1.807) is 7.05 Å². The summed E-state index contributed by atoms with van der Waals surface area (Å²) in [6.07, 6.45) is -0.506. The van der Waals surface area contributed by atoms with Gasteiger partial charge in [0.15, 0.2) is 0 Å². The summed E-state index contributed by atoms with van der Waals surface area (Å²) in [6.45, 7) is 0.782. The van der Waals surface area contributed by atoms with Crippen LogP contribution < -0.4 is 10.1 Å². The van der Waals surface area contributed by atoms with Gasteiger partial charge in [0.2, 0.25) is 0 Å². The smallest absolute Gasteiger partial charge is 0.147 e. The number of ether oxygens (including phenoxy) is 1. The van der Waals surface area contributed by atoms with Gasteiger partial charge in [-0.2, -0.15) is 0 Å². The lowest BCUT2D eigenvalue weighted by Crippen LogP contribution is -2.29. The van der Waals surface area contributed by atoms with Crippen molar-refractivity contribution in [2.75, 3.05) is 20.2 Å². The SMILES string of the molecule is CNCC(O)COc1c(Br)cccc1Br. The van der Waals surface area contributed by atoms with E-state index in [4.69, 9.17) is 4.74 Å².